The third-order valence-corrected chi connectivity index (χ3v) is 4.31. The lowest BCUT2D eigenvalue weighted by Gasteiger charge is -1.98. The van der Waals surface area contributed by atoms with Crippen molar-refractivity contribution in [1.29, 1.82) is 0 Å². The summed E-state index contributed by atoms with van der Waals surface area (Å²) in [6.45, 7) is 0. The number of hydrogen-bond donors (Lipinski definition) is 0. The number of rotatable bonds is 4. The van der Waals surface area contributed by atoms with Crippen LogP contribution in [0.15, 0.2) is 48.5 Å². The van der Waals surface area contributed by atoms with Crippen LogP contribution >= 0.6 is 34.7 Å². The Labute approximate surface area is 137 Å². The molecule has 0 aliphatic heterocycles. The van der Waals surface area contributed by atoms with Crippen LogP contribution in [-0.4, -0.2) is 9.36 Å². The van der Waals surface area contributed by atoms with Gasteiger partial charge < -0.3 is 0 Å². The number of benzene rings is 2. The first-order valence-electron chi connectivity index (χ1n) is 6.49. The number of halogens is 2. The molecular formula is C16H12Cl2N2S. The van der Waals surface area contributed by atoms with Crippen LogP contribution < -0.4 is 0 Å². The molecule has 0 N–H and O–H groups in total. The lowest BCUT2D eigenvalue weighted by Crippen LogP contribution is -1.92. The Hall–Kier alpha value is -1.42. The predicted molar refractivity (Wildman–Crippen MR) is 88.4 cm³/mol. The van der Waals surface area contributed by atoms with Crippen LogP contribution in [0.1, 0.15) is 22.0 Å². The van der Waals surface area contributed by atoms with Crippen LogP contribution in [0.25, 0.3) is 0 Å². The molecule has 0 saturated carbocycles. The zero-order valence-corrected chi connectivity index (χ0v) is 13.4. The molecule has 2 nitrogen and oxygen atoms in total. The molecule has 0 unspecified atom stereocenters. The molecule has 0 fully saturated rings. The maximum Gasteiger partial charge on any atom is 0.146 e. The van der Waals surface area contributed by atoms with Crippen molar-refractivity contribution in [3.8, 4) is 0 Å². The summed E-state index contributed by atoms with van der Waals surface area (Å²) in [7, 11) is 0. The smallest absolute Gasteiger partial charge is 0.146 e. The molecule has 3 aromatic rings. The van der Waals surface area contributed by atoms with Crippen LogP contribution in [0.2, 0.25) is 10.0 Å². The summed E-state index contributed by atoms with van der Waals surface area (Å²) in [5, 5.41) is 2.51. The highest BCUT2D eigenvalue weighted by atomic mass is 35.5. The van der Waals surface area contributed by atoms with Gasteiger partial charge in [-0.25, -0.2) is 4.98 Å². The van der Waals surface area contributed by atoms with Gasteiger partial charge in [0.05, 0.1) is 0 Å². The van der Waals surface area contributed by atoms with Crippen LogP contribution in [0.5, 0.6) is 0 Å². The topological polar surface area (TPSA) is 25.8 Å². The molecule has 0 spiro atoms. The minimum Gasteiger partial charge on any atom is -0.224 e. The lowest BCUT2D eigenvalue weighted by atomic mass is 10.1. The third-order valence-electron chi connectivity index (χ3n) is 3.05. The highest BCUT2D eigenvalue weighted by Gasteiger charge is 2.06. The van der Waals surface area contributed by atoms with Crippen molar-refractivity contribution in [3.05, 3.63) is 80.5 Å². The Kier molecular flexibility index (Phi) is 4.54. The van der Waals surface area contributed by atoms with Gasteiger partial charge in [0, 0.05) is 22.9 Å². The Balaban J connectivity index is 1.68. The van der Waals surface area contributed by atoms with E-state index in [-0.39, 0.29) is 0 Å². The van der Waals surface area contributed by atoms with Gasteiger partial charge in [0.2, 0.25) is 0 Å². The van der Waals surface area contributed by atoms with Crippen LogP contribution in [0.3, 0.4) is 0 Å². The summed E-state index contributed by atoms with van der Waals surface area (Å²) in [4.78, 5) is 4.59. The molecule has 1 heterocycles. The second-order valence-corrected chi connectivity index (χ2v) is 6.42. The maximum atomic E-state index is 5.89. The van der Waals surface area contributed by atoms with Gasteiger partial charge in [-0.15, -0.1) is 0 Å². The van der Waals surface area contributed by atoms with Gasteiger partial charge in [-0.2, -0.15) is 4.37 Å². The van der Waals surface area contributed by atoms with Gasteiger partial charge in [-0.3, -0.25) is 0 Å². The molecule has 0 radical (unpaired) electrons. The minimum atomic E-state index is 0.730. The van der Waals surface area contributed by atoms with E-state index in [1.54, 1.807) is 0 Å². The minimum absolute atomic E-state index is 0.730. The summed E-state index contributed by atoms with van der Waals surface area (Å²) in [5.74, 6) is 0.853. The first-order chi connectivity index (χ1) is 10.2. The standard InChI is InChI=1S/C16H12Cl2N2S/c17-13-5-1-11(2-6-13)9-15-19-16(21-20-15)10-12-3-7-14(18)8-4-12/h1-8H,9-10H2. The van der Waals surface area contributed by atoms with Crippen LogP contribution in [0.4, 0.5) is 0 Å². The third kappa shape index (κ3) is 4.03. The Morgan fingerprint density at radius 2 is 1.29 bits per heavy atom. The number of nitrogens with zero attached hydrogens (tertiary/aromatic N) is 2. The fraction of sp³-hybridized carbons (Fsp3) is 0.125. The Morgan fingerprint density at radius 3 is 1.86 bits per heavy atom. The van der Waals surface area contributed by atoms with Crippen molar-refractivity contribution in [3.63, 3.8) is 0 Å². The van der Waals surface area contributed by atoms with Crippen molar-refractivity contribution in [2.75, 3.05) is 0 Å². The van der Waals surface area contributed by atoms with Crippen molar-refractivity contribution >= 4 is 34.7 Å². The molecule has 0 amide bonds. The first-order valence-corrected chi connectivity index (χ1v) is 8.02. The highest BCUT2D eigenvalue weighted by molar-refractivity contribution is 7.05. The summed E-state index contributed by atoms with van der Waals surface area (Å²) in [6, 6.07) is 15.6. The molecule has 1 aromatic heterocycles. The van der Waals surface area contributed by atoms with Crippen LogP contribution in [-0.2, 0) is 12.8 Å². The second-order valence-electron chi connectivity index (χ2n) is 4.71. The highest BCUT2D eigenvalue weighted by Crippen LogP contribution is 2.17. The van der Waals surface area contributed by atoms with E-state index in [2.05, 4.69) is 9.36 Å². The van der Waals surface area contributed by atoms with Gasteiger partial charge in [0.1, 0.15) is 10.8 Å². The number of aromatic nitrogens is 2. The quantitative estimate of drug-likeness (QED) is 0.668. The fourth-order valence-corrected chi connectivity index (χ4v) is 2.94. The molecule has 5 heteroatoms. The van der Waals surface area contributed by atoms with Crippen LogP contribution in [0, 0.1) is 0 Å². The van der Waals surface area contributed by atoms with Gasteiger partial charge in [-0.1, -0.05) is 47.5 Å². The van der Waals surface area contributed by atoms with Crippen molar-refractivity contribution < 1.29 is 0 Å². The van der Waals surface area contributed by atoms with E-state index < -0.39 is 0 Å². The van der Waals surface area contributed by atoms with E-state index in [4.69, 9.17) is 23.2 Å². The Bertz CT molecular complexity index is 659. The van der Waals surface area contributed by atoms with Gasteiger partial charge in [0.15, 0.2) is 0 Å². The van der Waals surface area contributed by atoms with Crippen molar-refractivity contribution in [1.82, 2.24) is 9.36 Å². The molecule has 0 aliphatic rings. The van der Waals surface area contributed by atoms with E-state index in [1.165, 1.54) is 17.1 Å². The molecular weight excluding hydrogens is 323 g/mol. The van der Waals surface area contributed by atoms with Gasteiger partial charge in [-0.05, 0) is 46.9 Å². The fourth-order valence-electron chi connectivity index (χ4n) is 2.00. The average molecular weight is 335 g/mol. The second kappa shape index (κ2) is 6.56. The zero-order chi connectivity index (χ0) is 14.7. The maximum absolute atomic E-state index is 5.89. The summed E-state index contributed by atoms with van der Waals surface area (Å²) < 4.78 is 4.42. The number of hydrogen-bond acceptors (Lipinski definition) is 3. The molecule has 0 aliphatic carbocycles. The molecule has 21 heavy (non-hydrogen) atoms. The van der Waals surface area contributed by atoms with Gasteiger partial charge >= 0.3 is 0 Å². The Morgan fingerprint density at radius 1 is 0.762 bits per heavy atom. The lowest BCUT2D eigenvalue weighted by molar-refractivity contribution is 1.00. The average Bonchev–Trinajstić information content (AvgIpc) is 2.91. The summed E-state index contributed by atoms with van der Waals surface area (Å²) in [6.07, 6.45) is 1.52. The molecule has 0 bridgehead atoms. The molecule has 2 aromatic carbocycles. The first kappa shape index (κ1) is 14.5. The van der Waals surface area contributed by atoms with E-state index in [0.717, 1.165) is 39.3 Å². The largest absolute Gasteiger partial charge is 0.224 e. The van der Waals surface area contributed by atoms with Crippen molar-refractivity contribution in [2.45, 2.75) is 12.8 Å². The van der Waals surface area contributed by atoms with E-state index in [0.29, 0.717) is 0 Å². The molecule has 0 saturated heterocycles. The van der Waals surface area contributed by atoms with Gasteiger partial charge in [0.25, 0.3) is 0 Å². The normalized spacial score (nSPS) is 10.8. The SMILES string of the molecule is Clc1ccc(Cc2nsc(Cc3ccc(Cl)cc3)n2)cc1. The summed E-state index contributed by atoms with van der Waals surface area (Å²) in [5.41, 5.74) is 2.35. The van der Waals surface area contributed by atoms with Crippen molar-refractivity contribution in [2.24, 2.45) is 0 Å². The predicted octanol–water partition coefficient (Wildman–Crippen LogP) is 5.03. The summed E-state index contributed by atoms with van der Waals surface area (Å²) >= 11 is 13.2. The molecule has 3 rings (SSSR count). The monoisotopic (exact) mass is 334 g/mol. The molecule has 0 atom stereocenters. The van der Waals surface area contributed by atoms with E-state index >= 15 is 0 Å². The zero-order valence-electron chi connectivity index (χ0n) is 11.1. The van der Waals surface area contributed by atoms with E-state index in [1.807, 2.05) is 48.5 Å². The van der Waals surface area contributed by atoms with E-state index in [9.17, 15) is 0 Å². The molecule has 106 valence electrons.